The Kier molecular flexibility index (Phi) is 2.05. The standard InChI is InChI=1S/C14H16N2O/c1-8-5-4-6-11-10(3)13-14(17)15-7-9(2)16(13)12(8)11/h4-6,9H,7H2,1-3H3,(H,15,17). The molecule has 1 aliphatic rings. The largest absolute Gasteiger partial charge is 0.349 e. The monoisotopic (exact) mass is 228 g/mol. The van der Waals surface area contributed by atoms with E-state index in [-0.39, 0.29) is 5.91 Å². The predicted molar refractivity (Wildman–Crippen MR) is 68.5 cm³/mol. The van der Waals surface area contributed by atoms with E-state index >= 15 is 0 Å². The van der Waals surface area contributed by atoms with Crippen molar-refractivity contribution < 1.29 is 4.79 Å². The zero-order valence-electron chi connectivity index (χ0n) is 10.4. The smallest absolute Gasteiger partial charge is 0.268 e. The van der Waals surface area contributed by atoms with Gasteiger partial charge in [-0.1, -0.05) is 18.2 Å². The first-order chi connectivity index (χ1) is 8.11. The minimum atomic E-state index is 0.0520. The van der Waals surface area contributed by atoms with Crippen molar-refractivity contribution in [2.75, 3.05) is 6.54 Å². The van der Waals surface area contributed by atoms with Gasteiger partial charge in [0.1, 0.15) is 5.69 Å². The second kappa shape index (κ2) is 3.36. The molecule has 1 aliphatic heterocycles. The van der Waals surface area contributed by atoms with Crippen molar-refractivity contribution >= 4 is 16.8 Å². The minimum absolute atomic E-state index is 0.0520. The normalized spacial score (nSPS) is 19.2. The molecule has 2 heterocycles. The van der Waals surface area contributed by atoms with Crippen molar-refractivity contribution in [2.24, 2.45) is 0 Å². The molecule has 1 aromatic heterocycles. The van der Waals surface area contributed by atoms with Crippen LogP contribution in [0.25, 0.3) is 10.9 Å². The van der Waals surface area contributed by atoms with Crippen molar-refractivity contribution in [2.45, 2.75) is 26.8 Å². The Morgan fingerprint density at radius 1 is 1.35 bits per heavy atom. The number of para-hydroxylation sites is 1. The third-order valence-corrected chi connectivity index (χ3v) is 3.69. The molecule has 1 amide bonds. The van der Waals surface area contributed by atoms with E-state index in [4.69, 9.17) is 0 Å². The summed E-state index contributed by atoms with van der Waals surface area (Å²) >= 11 is 0. The van der Waals surface area contributed by atoms with Gasteiger partial charge in [0.05, 0.1) is 5.52 Å². The fraction of sp³-hybridized carbons (Fsp3) is 0.357. The summed E-state index contributed by atoms with van der Waals surface area (Å²) in [6, 6.07) is 6.58. The number of aromatic nitrogens is 1. The Balaban J connectivity index is 2.50. The fourth-order valence-corrected chi connectivity index (χ4v) is 2.84. The van der Waals surface area contributed by atoms with Gasteiger partial charge in [0.2, 0.25) is 0 Å². The summed E-state index contributed by atoms with van der Waals surface area (Å²) in [5.74, 6) is 0.0520. The molecule has 1 aromatic carbocycles. The molecule has 88 valence electrons. The Hall–Kier alpha value is -1.77. The van der Waals surface area contributed by atoms with Crippen LogP contribution in [0.4, 0.5) is 0 Å². The molecule has 1 unspecified atom stereocenters. The van der Waals surface area contributed by atoms with Gasteiger partial charge in [0.15, 0.2) is 0 Å². The average Bonchev–Trinajstić information content (AvgIpc) is 2.61. The van der Waals surface area contributed by atoms with E-state index in [1.807, 2.05) is 6.92 Å². The molecule has 0 spiro atoms. The van der Waals surface area contributed by atoms with E-state index in [2.05, 4.69) is 41.9 Å². The van der Waals surface area contributed by atoms with Gasteiger partial charge >= 0.3 is 0 Å². The highest BCUT2D eigenvalue weighted by Gasteiger charge is 2.27. The maximum absolute atomic E-state index is 12.0. The first-order valence-electron chi connectivity index (χ1n) is 5.99. The second-order valence-electron chi connectivity index (χ2n) is 4.87. The minimum Gasteiger partial charge on any atom is -0.349 e. The van der Waals surface area contributed by atoms with Crippen LogP contribution in [0.3, 0.4) is 0 Å². The van der Waals surface area contributed by atoms with Crippen molar-refractivity contribution in [1.82, 2.24) is 9.88 Å². The topological polar surface area (TPSA) is 34.0 Å². The molecule has 0 fully saturated rings. The molecule has 1 atom stereocenters. The third kappa shape index (κ3) is 1.25. The van der Waals surface area contributed by atoms with Crippen LogP contribution >= 0.6 is 0 Å². The molecule has 3 nitrogen and oxygen atoms in total. The van der Waals surface area contributed by atoms with Crippen LogP contribution in [0, 0.1) is 13.8 Å². The number of nitrogens with zero attached hydrogens (tertiary/aromatic N) is 1. The van der Waals surface area contributed by atoms with Crippen LogP contribution < -0.4 is 5.32 Å². The van der Waals surface area contributed by atoms with Gasteiger partial charge in [-0.15, -0.1) is 0 Å². The molecule has 3 heteroatoms. The molecular formula is C14H16N2O. The van der Waals surface area contributed by atoms with Gasteiger partial charge in [-0.2, -0.15) is 0 Å². The number of carbonyl (C=O) groups excluding carboxylic acids is 1. The van der Waals surface area contributed by atoms with Crippen LogP contribution in [-0.2, 0) is 0 Å². The molecular weight excluding hydrogens is 212 g/mol. The summed E-state index contributed by atoms with van der Waals surface area (Å²) in [5, 5.41) is 4.15. The number of hydrogen-bond donors (Lipinski definition) is 1. The van der Waals surface area contributed by atoms with Gasteiger partial charge in [-0.25, -0.2) is 0 Å². The lowest BCUT2D eigenvalue weighted by Crippen LogP contribution is -2.38. The van der Waals surface area contributed by atoms with Gasteiger partial charge in [0, 0.05) is 18.0 Å². The number of carbonyl (C=O) groups is 1. The van der Waals surface area contributed by atoms with Crippen LogP contribution in [0.5, 0.6) is 0 Å². The van der Waals surface area contributed by atoms with Gasteiger partial charge in [-0.05, 0) is 31.9 Å². The summed E-state index contributed by atoms with van der Waals surface area (Å²) in [6.07, 6.45) is 0. The van der Waals surface area contributed by atoms with E-state index in [1.54, 1.807) is 0 Å². The zero-order valence-corrected chi connectivity index (χ0v) is 10.4. The number of rotatable bonds is 0. The molecule has 17 heavy (non-hydrogen) atoms. The lowest BCUT2D eigenvalue weighted by atomic mass is 10.1. The van der Waals surface area contributed by atoms with Crippen LogP contribution in [0.1, 0.15) is 34.6 Å². The molecule has 3 rings (SSSR count). The number of fused-ring (bicyclic) bond motifs is 3. The number of nitrogens with one attached hydrogen (secondary N) is 1. The highest BCUT2D eigenvalue weighted by atomic mass is 16.2. The molecule has 0 bridgehead atoms. The molecule has 2 aromatic rings. The first kappa shape index (κ1) is 10.4. The summed E-state index contributed by atoms with van der Waals surface area (Å²) < 4.78 is 2.19. The fourth-order valence-electron chi connectivity index (χ4n) is 2.84. The van der Waals surface area contributed by atoms with E-state index in [1.165, 1.54) is 16.5 Å². The molecule has 1 N–H and O–H groups in total. The lowest BCUT2D eigenvalue weighted by Gasteiger charge is -2.25. The zero-order chi connectivity index (χ0) is 12.2. The molecule has 0 aliphatic carbocycles. The average molecular weight is 228 g/mol. The Bertz CT molecular complexity index is 625. The highest BCUT2D eigenvalue weighted by Crippen LogP contribution is 2.32. The SMILES string of the molecule is Cc1c2n(c3c(C)cccc13)C(C)CNC2=O. The lowest BCUT2D eigenvalue weighted by molar-refractivity contribution is 0.0918. The molecule has 0 saturated carbocycles. The molecule has 0 radical (unpaired) electrons. The second-order valence-corrected chi connectivity index (χ2v) is 4.87. The number of hydrogen-bond acceptors (Lipinski definition) is 1. The molecule has 0 saturated heterocycles. The van der Waals surface area contributed by atoms with E-state index in [0.717, 1.165) is 11.3 Å². The maximum atomic E-state index is 12.0. The number of aryl methyl sites for hydroxylation is 2. The maximum Gasteiger partial charge on any atom is 0.268 e. The number of benzene rings is 1. The summed E-state index contributed by atoms with van der Waals surface area (Å²) in [4.78, 5) is 12.0. The number of amides is 1. The van der Waals surface area contributed by atoms with Crippen LogP contribution in [0.2, 0.25) is 0 Å². The first-order valence-corrected chi connectivity index (χ1v) is 5.99. The quantitative estimate of drug-likeness (QED) is 0.738. The Labute approximate surface area is 100 Å². The summed E-state index contributed by atoms with van der Waals surface area (Å²) in [5.41, 5.74) is 4.36. The van der Waals surface area contributed by atoms with Crippen molar-refractivity contribution in [3.8, 4) is 0 Å². The summed E-state index contributed by atoms with van der Waals surface area (Å²) in [6.45, 7) is 7.00. The van der Waals surface area contributed by atoms with Crippen molar-refractivity contribution in [1.29, 1.82) is 0 Å². The van der Waals surface area contributed by atoms with Crippen molar-refractivity contribution in [3.63, 3.8) is 0 Å². The van der Waals surface area contributed by atoms with Gasteiger partial charge < -0.3 is 9.88 Å². The van der Waals surface area contributed by atoms with Gasteiger partial charge in [0.25, 0.3) is 5.91 Å². The summed E-state index contributed by atoms with van der Waals surface area (Å²) in [7, 11) is 0. The van der Waals surface area contributed by atoms with E-state index in [9.17, 15) is 4.79 Å². The third-order valence-electron chi connectivity index (χ3n) is 3.69. The Morgan fingerprint density at radius 3 is 2.88 bits per heavy atom. The van der Waals surface area contributed by atoms with E-state index < -0.39 is 0 Å². The van der Waals surface area contributed by atoms with Crippen molar-refractivity contribution in [3.05, 3.63) is 35.0 Å². The van der Waals surface area contributed by atoms with E-state index in [0.29, 0.717) is 12.6 Å². The highest BCUT2D eigenvalue weighted by molar-refractivity contribution is 6.03. The predicted octanol–water partition coefficient (Wildman–Crippen LogP) is 2.56. The van der Waals surface area contributed by atoms with Gasteiger partial charge in [-0.3, -0.25) is 4.79 Å². The Morgan fingerprint density at radius 2 is 2.12 bits per heavy atom. The van der Waals surface area contributed by atoms with Crippen LogP contribution in [0.15, 0.2) is 18.2 Å². The van der Waals surface area contributed by atoms with Crippen LogP contribution in [-0.4, -0.2) is 17.0 Å².